The molecule has 0 spiro atoms. The van der Waals surface area contributed by atoms with Gasteiger partial charge in [0.2, 0.25) is 0 Å². The summed E-state index contributed by atoms with van der Waals surface area (Å²) in [7, 11) is 2.07. The highest BCUT2D eigenvalue weighted by Gasteiger charge is 2.20. The Morgan fingerprint density at radius 2 is 2.29 bits per heavy atom. The fourth-order valence-corrected chi connectivity index (χ4v) is 2.64. The number of nitrogens with one attached hydrogen (secondary N) is 1. The van der Waals surface area contributed by atoms with Gasteiger partial charge in [-0.1, -0.05) is 23.9 Å². The summed E-state index contributed by atoms with van der Waals surface area (Å²) in [6.07, 6.45) is 0. The predicted octanol–water partition coefficient (Wildman–Crippen LogP) is 2.58. The Morgan fingerprint density at radius 3 is 3.00 bits per heavy atom. The largest absolute Gasteiger partial charge is 0.314 e. The number of thioether (sulfide) groups is 1. The molecule has 1 atom stereocenters. The highest BCUT2D eigenvalue weighted by atomic mass is 32.2. The van der Waals surface area contributed by atoms with Crippen LogP contribution in [-0.4, -0.2) is 37.3 Å². The lowest BCUT2D eigenvalue weighted by Gasteiger charge is -2.33. The minimum atomic E-state index is -2.35. The topological polar surface area (TPSA) is 15.3 Å². The molecule has 1 saturated heterocycles. The molecule has 5 heteroatoms. The molecule has 1 N–H and O–H groups in total. The Hall–Kier alpha value is -0.650. The van der Waals surface area contributed by atoms with Crippen LogP contribution in [-0.2, 0) is 0 Å². The molecule has 1 heterocycles. The maximum absolute atomic E-state index is 12.3. The summed E-state index contributed by atoms with van der Waals surface area (Å²) in [5.41, 5.74) is 1.10. The molecule has 1 aliphatic rings. The van der Waals surface area contributed by atoms with Crippen molar-refractivity contribution >= 4 is 11.8 Å². The summed E-state index contributed by atoms with van der Waals surface area (Å²) >= 11 is 0.606. The lowest BCUT2D eigenvalue weighted by Crippen LogP contribution is -2.43. The Bertz CT molecular complexity index is 373. The van der Waals surface area contributed by atoms with Gasteiger partial charge in [0.05, 0.1) is 0 Å². The van der Waals surface area contributed by atoms with E-state index in [1.807, 2.05) is 18.2 Å². The molecule has 1 aliphatic heterocycles. The number of rotatable bonds is 3. The quantitative estimate of drug-likeness (QED) is 0.839. The van der Waals surface area contributed by atoms with Gasteiger partial charge in [-0.3, -0.25) is 4.90 Å². The van der Waals surface area contributed by atoms with Crippen LogP contribution in [0.4, 0.5) is 8.78 Å². The molecular weight excluding hydrogens is 242 g/mol. The molecule has 1 aromatic carbocycles. The average molecular weight is 258 g/mol. The van der Waals surface area contributed by atoms with Gasteiger partial charge in [0.25, 0.3) is 5.76 Å². The van der Waals surface area contributed by atoms with Gasteiger partial charge in [0.15, 0.2) is 0 Å². The first-order chi connectivity index (χ1) is 8.16. The van der Waals surface area contributed by atoms with Gasteiger partial charge in [-0.25, -0.2) is 0 Å². The number of hydrogen-bond acceptors (Lipinski definition) is 3. The minimum Gasteiger partial charge on any atom is -0.314 e. The number of alkyl halides is 2. The molecule has 0 saturated carbocycles. The zero-order valence-corrected chi connectivity index (χ0v) is 10.5. The average Bonchev–Trinajstić information content (AvgIpc) is 2.29. The molecule has 2 rings (SSSR count). The Morgan fingerprint density at radius 1 is 1.47 bits per heavy atom. The van der Waals surface area contributed by atoms with Gasteiger partial charge in [-0.15, -0.1) is 0 Å². The van der Waals surface area contributed by atoms with Crippen molar-refractivity contribution in [1.29, 1.82) is 0 Å². The molecule has 1 fully saturated rings. The Labute approximate surface area is 104 Å². The van der Waals surface area contributed by atoms with Crippen molar-refractivity contribution in [2.45, 2.75) is 16.7 Å². The molecule has 1 aromatic rings. The molecule has 0 bridgehead atoms. The van der Waals surface area contributed by atoms with Gasteiger partial charge < -0.3 is 5.32 Å². The lowest BCUT2D eigenvalue weighted by atomic mass is 10.0. The molecular formula is C12H16F2N2S. The van der Waals surface area contributed by atoms with Crippen molar-refractivity contribution in [2.24, 2.45) is 0 Å². The highest BCUT2D eigenvalue weighted by molar-refractivity contribution is 7.99. The zero-order valence-electron chi connectivity index (χ0n) is 9.70. The molecule has 17 heavy (non-hydrogen) atoms. The van der Waals surface area contributed by atoms with E-state index in [2.05, 4.69) is 17.3 Å². The third kappa shape index (κ3) is 3.40. The molecule has 0 amide bonds. The van der Waals surface area contributed by atoms with Crippen LogP contribution in [0, 0.1) is 0 Å². The van der Waals surface area contributed by atoms with E-state index in [4.69, 9.17) is 0 Å². The number of halogens is 2. The van der Waals surface area contributed by atoms with E-state index < -0.39 is 5.76 Å². The summed E-state index contributed by atoms with van der Waals surface area (Å²) in [6, 6.07) is 7.73. The standard InChI is InChI=1S/C12H16F2N2S/c1-16-6-5-15-8-11(16)9-3-2-4-10(7-9)17-12(13)14/h2-4,7,11-12,15H,5-6,8H2,1H3. The van der Waals surface area contributed by atoms with E-state index in [-0.39, 0.29) is 6.04 Å². The second-order valence-corrected chi connectivity index (χ2v) is 5.21. The van der Waals surface area contributed by atoms with Crippen molar-refractivity contribution in [2.75, 3.05) is 26.7 Å². The van der Waals surface area contributed by atoms with Crippen LogP contribution >= 0.6 is 11.8 Å². The zero-order chi connectivity index (χ0) is 12.3. The summed E-state index contributed by atoms with van der Waals surface area (Å²) in [6.45, 7) is 2.84. The first-order valence-corrected chi connectivity index (χ1v) is 6.50. The molecule has 94 valence electrons. The first kappa shape index (κ1) is 12.8. The minimum absolute atomic E-state index is 0.280. The number of hydrogen-bond donors (Lipinski definition) is 1. The van der Waals surface area contributed by atoms with Gasteiger partial charge >= 0.3 is 0 Å². The van der Waals surface area contributed by atoms with E-state index in [1.165, 1.54) is 0 Å². The van der Waals surface area contributed by atoms with Crippen molar-refractivity contribution in [1.82, 2.24) is 10.2 Å². The fourth-order valence-electron chi connectivity index (χ4n) is 2.08. The van der Waals surface area contributed by atoms with Gasteiger partial charge in [0.1, 0.15) is 0 Å². The SMILES string of the molecule is CN1CCNCC1c1cccc(SC(F)F)c1. The van der Waals surface area contributed by atoms with E-state index in [0.29, 0.717) is 16.7 Å². The fraction of sp³-hybridized carbons (Fsp3) is 0.500. The monoisotopic (exact) mass is 258 g/mol. The molecule has 2 nitrogen and oxygen atoms in total. The van der Waals surface area contributed by atoms with Crippen LogP contribution in [0.3, 0.4) is 0 Å². The maximum atomic E-state index is 12.3. The van der Waals surface area contributed by atoms with Crippen LogP contribution in [0.2, 0.25) is 0 Å². The van der Waals surface area contributed by atoms with Crippen molar-refractivity contribution in [3.8, 4) is 0 Å². The summed E-state index contributed by atoms with van der Waals surface area (Å²) < 4.78 is 24.6. The number of benzene rings is 1. The molecule has 0 aliphatic carbocycles. The van der Waals surface area contributed by atoms with E-state index in [0.717, 1.165) is 25.2 Å². The maximum Gasteiger partial charge on any atom is 0.288 e. The number of likely N-dealkylation sites (N-methyl/N-ethyl adjacent to an activating group) is 1. The number of piperazine rings is 1. The first-order valence-electron chi connectivity index (χ1n) is 5.62. The third-order valence-corrected chi connectivity index (χ3v) is 3.68. The molecule has 0 aromatic heterocycles. The van der Waals surface area contributed by atoms with Crippen molar-refractivity contribution in [3.63, 3.8) is 0 Å². The normalized spacial score (nSPS) is 22.0. The van der Waals surface area contributed by atoms with E-state index in [9.17, 15) is 8.78 Å². The predicted molar refractivity (Wildman–Crippen MR) is 66.5 cm³/mol. The van der Waals surface area contributed by atoms with Crippen LogP contribution in [0.15, 0.2) is 29.2 Å². The van der Waals surface area contributed by atoms with E-state index in [1.54, 1.807) is 6.07 Å². The number of nitrogens with zero attached hydrogens (tertiary/aromatic N) is 1. The highest BCUT2D eigenvalue weighted by Crippen LogP contribution is 2.29. The van der Waals surface area contributed by atoms with E-state index >= 15 is 0 Å². The second-order valence-electron chi connectivity index (χ2n) is 4.15. The van der Waals surface area contributed by atoms with Crippen LogP contribution in [0.1, 0.15) is 11.6 Å². The molecule has 0 radical (unpaired) electrons. The smallest absolute Gasteiger partial charge is 0.288 e. The molecule has 1 unspecified atom stereocenters. The third-order valence-electron chi connectivity index (χ3n) is 2.98. The summed E-state index contributed by atoms with van der Waals surface area (Å²) in [5.74, 6) is -2.35. The van der Waals surface area contributed by atoms with Crippen LogP contribution in [0.5, 0.6) is 0 Å². The van der Waals surface area contributed by atoms with Crippen LogP contribution in [0.25, 0.3) is 0 Å². The van der Waals surface area contributed by atoms with Gasteiger partial charge in [-0.05, 0) is 24.7 Å². The Kier molecular flexibility index (Phi) is 4.36. The van der Waals surface area contributed by atoms with Gasteiger partial charge in [0, 0.05) is 30.6 Å². The van der Waals surface area contributed by atoms with Gasteiger partial charge in [-0.2, -0.15) is 8.78 Å². The van der Waals surface area contributed by atoms with Crippen molar-refractivity contribution in [3.05, 3.63) is 29.8 Å². The second kappa shape index (κ2) is 5.80. The summed E-state index contributed by atoms with van der Waals surface area (Å²) in [4.78, 5) is 2.89. The lowest BCUT2D eigenvalue weighted by molar-refractivity contribution is 0.202. The van der Waals surface area contributed by atoms with Crippen LogP contribution < -0.4 is 5.32 Å². The summed E-state index contributed by atoms with van der Waals surface area (Å²) in [5, 5.41) is 3.33. The Balaban J connectivity index is 2.14. The van der Waals surface area contributed by atoms with Crippen molar-refractivity contribution < 1.29 is 8.78 Å².